The Morgan fingerprint density at radius 3 is 2.67 bits per heavy atom. The number of carbonyl (C=O) groups excluding carboxylic acids is 3. The molecule has 8 heteroatoms. The third kappa shape index (κ3) is 5.61. The molecule has 0 bridgehead atoms. The molecule has 1 amide bonds. The van der Waals surface area contributed by atoms with Gasteiger partial charge in [0.15, 0.2) is 5.13 Å². The molecule has 1 aromatic heterocycles. The lowest BCUT2D eigenvalue weighted by Crippen LogP contribution is -2.46. The zero-order valence-electron chi connectivity index (χ0n) is 24.4. The van der Waals surface area contributed by atoms with Gasteiger partial charge in [-0.1, -0.05) is 31.2 Å². The van der Waals surface area contributed by atoms with Crippen molar-refractivity contribution in [2.75, 3.05) is 5.32 Å². The molecule has 3 aliphatic rings. The lowest BCUT2D eigenvalue weighted by Gasteiger charge is -2.51. The molecule has 1 heterocycles. The maximum Gasteiger partial charge on any atom is 0.343 e. The van der Waals surface area contributed by atoms with Crippen LogP contribution < -0.4 is 10.1 Å². The van der Waals surface area contributed by atoms with Gasteiger partial charge in [0.2, 0.25) is 5.91 Å². The minimum atomic E-state index is -0.350. The summed E-state index contributed by atoms with van der Waals surface area (Å²) in [5.74, 6) is 1.49. The summed E-state index contributed by atoms with van der Waals surface area (Å²) in [6.45, 7) is 5.78. The van der Waals surface area contributed by atoms with Crippen LogP contribution in [-0.2, 0) is 20.7 Å². The SMILES string of the molecule is CC(=O)OC1CC(CCC(=O)Nc2ncc(C)s2)C2C3CCc4cc(OC(=O)c5ccccc5)ccc4C3CCC12C. The zero-order valence-corrected chi connectivity index (χ0v) is 25.2. The summed E-state index contributed by atoms with van der Waals surface area (Å²) in [7, 11) is 0. The first-order chi connectivity index (χ1) is 20.2. The van der Waals surface area contributed by atoms with Crippen molar-refractivity contribution >= 4 is 34.3 Å². The predicted octanol–water partition coefficient (Wildman–Crippen LogP) is 7.10. The maximum absolute atomic E-state index is 12.9. The summed E-state index contributed by atoms with van der Waals surface area (Å²) in [5.41, 5.74) is 3.02. The van der Waals surface area contributed by atoms with E-state index in [1.807, 2.05) is 37.3 Å². The van der Waals surface area contributed by atoms with E-state index in [-0.39, 0.29) is 29.4 Å². The van der Waals surface area contributed by atoms with Gasteiger partial charge in [-0.05, 0) is 105 Å². The number of hydrogen-bond donors (Lipinski definition) is 1. The van der Waals surface area contributed by atoms with Crippen LogP contribution in [0, 0.1) is 30.1 Å². The van der Waals surface area contributed by atoms with Crippen molar-refractivity contribution in [3.05, 3.63) is 76.3 Å². The lowest BCUT2D eigenvalue weighted by molar-refractivity contribution is -0.154. The molecule has 2 fully saturated rings. The second-order valence-electron chi connectivity index (χ2n) is 12.5. The van der Waals surface area contributed by atoms with Gasteiger partial charge in [-0.2, -0.15) is 0 Å². The molecular weight excluding hydrogens is 548 g/mol. The van der Waals surface area contributed by atoms with E-state index >= 15 is 0 Å². The van der Waals surface area contributed by atoms with E-state index < -0.39 is 0 Å². The number of carbonyl (C=O) groups is 3. The van der Waals surface area contributed by atoms with Crippen LogP contribution in [0.25, 0.3) is 0 Å². The fourth-order valence-electron chi connectivity index (χ4n) is 8.19. The average Bonchev–Trinajstić information content (AvgIpc) is 3.50. The Kier molecular flexibility index (Phi) is 7.92. The molecule has 2 aromatic carbocycles. The Labute approximate surface area is 251 Å². The number of aromatic nitrogens is 1. The zero-order chi connectivity index (χ0) is 29.4. The average molecular weight is 587 g/mol. The van der Waals surface area contributed by atoms with Crippen LogP contribution in [0.4, 0.5) is 5.13 Å². The van der Waals surface area contributed by atoms with Gasteiger partial charge < -0.3 is 14.8 Å². The van der Waals surface area contributed by atoms with Gasteiger partial charge in [0.25, 0.3) is 0 Å². The van der Waals surface area contributed by atoms with Crippen LogP contribution in [-0.4, -0.2) is 28.9 Å². The van der Waals surface area contributed by atoms with Crippen LogP contribution in [0.3, 0.4) is 0 Å². The number of rotatable bonds is 7. The minimum absolute atomic E-state index is 0.0130. The van der Waals surface area contributed by atoms with Crippen molar-refractivity contribution in [2.24, 2.45) is 23.2 Å². The second-order valence-corrected chi connectivity index (χ2v) is 13.7. The summed E-state index contributed by atoms with van der Waals surface area (Å²) in [5, 5.41) is 3.60. The number of fused-ring (bicyclic) bond motifs is 5. The Morgan fingerprint density at radius 2 is 1.93 bits per heavy atom. The van der Waals surface area contributed by atoms with Crippen LogP contribution in [0.1, 0.15) is 84.7 Å². The summed E-state index contributed by atoms with van der Waals surface area (Å²) in [6.07, 6.45) is 7.57. The van der Waals surface area contributed by atoms with Gasteiger partial charge in [-0.25, -0.2) is 9.78 Å². The van der Waals surface area contributed by atoms with Gasteiger partial charge in [0.1, 0.15) is 11.9 Å². The number of thiazole rings is 1. The first-order valence-corrected chi connectivity index (χ1v) is 15.8. The van der Waals surface area contributed by atoms with Gasteiger partial charge in [0, 0.05) is 29.8 Å². The number of aryl methyl sites for hydroxylation is 2. The third-order valence-electron chi connectivity index (χ3n) is 9.89. The number of esters is 2. The third-order valence-corrected chi connectivity index (χ3v) is 10.7. The Morgan fingerprint density at radius 1 is 1.12 bits per heavy atom. The lowest BCUT2D eigenvalue weighted by atomic mass is 9.53. The van der Waals surface area contributed by atoms with Crippen molar-refractivity contribution < 1.29 is 23.9 Å². The molecule has 0 aliphatic heterocycles. The van der Waals surface area contributed by atoms with E-state index in [0.717, 1.165) is 43.4 Å². The second kappa shape index (κ2) is 11.6. The van der Waals surface area contributed by atoms with Gasteiger partial charge in [-0.15, -0.1) is 11.3 Å². The fourth-order valence-corrected chi connectivity index (χ4v) is 8.87. The molecule has 7 nitrogen and oxygen atoms in total. The predicted molar refractivity (Wildman–Crippen MR) is 162 cm³/mol. The molecule has 6 unspecified atom stereocenters. The Hall–Kier alpha value is -3.52. The monoisotopic (exact) mass is 586 g/mol. The van der Waals surface area contributed by atoms with Gasteiger partial charge in [0.05, 0.1) is 5.56 Å². The number of nitrogens with one attached hydrogen (secondary N) is 1. The molecule has 6 rings (SSSR count). The van der Waals surface area contributed by atoms with E-state index in [2.05, 4.69) is 23.3 Å². The van der Waals surface area contributed by atoms with Crippen molar-refractivity contribution in [1.82, 2.24) is 4.98 Å². The molecule has 0 spiro atoms. The summed E-state index contributed by atoms with van der Waals surface area (Å²) < 4.78 is 11.7. The van der Waals surface area contributed by atoms with E-state index in [1.165, 1.54) is 29.4 Å². The molecule has 220 valence electrons. The highest BCUT2D eigenvalue weighted by Gasteiger charge is 2.59. The highest BCUT2D eigenvalue weighted by molar-refractivity contribution is 7.15. The van der Waals surface area contributed by atoms with Crippen LogP contribution in [0.15, 0.2) is 54.7 Å². The van der Waals surface area contributed by atoms with Crippen molar-refractivity contribution in [2.45, 2.75) is 77.7 Å². The normalized spacial score (nSPS) is 27.7. The highest BCUT2D eigenvalue weighted by atomic mass is 32.1. The minimum Gasteiger partial charge on any atom is -0.462 e. The maximum atomic E-state index is 12.9. The number of anilines is 1. The standard InChI is InChI=1S/C34H38N2O5S/c1-20-19-35-33(42-20)36-30(38)14-10-24-18-29(40-21(2)37)34(3)16-15-27-26-13-11-25(17-23(26)9-12-28(27)31(24)34)41-32(39)22-7-5-4-6-8-22/h4-8,11,13,17,19,24,27-29,31H,9-10,12,14-16,18H2,1-3H3,(H,35,36,38). The first-order valence-electron chi connectivity index (χ1n) is 15.0. The van der Waals surface area contributed by atoms with E-state index in [4.69, 9.17) is 9.47 Å². The summed E-state index contributed by atoms with van der Waals surface area (Å²) in [6, 6.07) is 15.2. The number of benzene rings is 2. The fraction of sp³-hybridized carbons (Fsp3) is 0.471. The van der Waals surface area contributed by atoms with E-state index in [1.54, 1.807) is 18.3 Å². The first kappa shape index (κ1) is 28.6. The van der Waals surface area contributed by atoms with Gasteiger partial charge >= 0.3 is 11.9 Å². The quantitative estimate of drug-likeness (QED) is 0.234. The summed E-state index contributed by atoms with van der Waals surface area (Å²) in [4.78, 5) is 42.9. The molecule has 0 radical (unpaired) electrons. The molecule has 42 heavy (non-hydrogen) atoms. The van der Waals surface area contributed by atoms with Crippen molar-refractivity contribution in [3.63, 3.8) is 0 Å². The largest absolute Gasteiger partial charge is 0.462 e. The molecule has 0 saturated heterocycles. The molecule has 3 aliphatic carbocycles. The van der Waals surface area contributed by atoms with E-state index in [9.17, 15) is 14.4 Å². The van der Waals surface area contributed by atoms with Gasteiger partial charge in [-0.3, -0.25) is 9.59 Å². The molecule has 3 aromatic rings. The number of amides is 1. The molecular formula is C34H38N2O5S. The van der Waals surface area contributed by atoms with Crippen molar-refractivity contribution in [1.29, 1.82) is 0 Å². The Bertz CT molecular complexity index is 1490. The van der Waals surface area contributed by atoms with E-state index in [0.29, 0.717) is 46.5 Å². The highest BCUT2D eigenvalue weighted by Crippen LogP contribution is 2.64. The molecule has 6 atom stereocenters. The summed E-state index contributed by atoms with van der Waals surface area (Å²) >= 11 is 1.48. The number of hydrogen-bond acceptors (Lipinski definition) is 7. The van der Waals surface area contributed by atoms with Crippen LogP contribution in [0.5, 0.6) is 5.75 Å². The molecule has 2 saturated carbocycles. The van der Waals surface area contributed by atoms with Crippen LogP contribution in [0.2, 0.25) is 0 Å². The van der Waals surface area contributed by atoms with Crippen LogP contribution >= 0.6 is 11.3 Å². The molecule has 1 N–H and O–H groups in total. The van der Waals surface area contributed by atoms with Crippen molar-refractivity contribution in [3.8, 4) is 5.75 Å². The Balaban J connectivity index is 1.20. The smallest absolute Gasteiger partial charge is 0.343 e. The topological polar surface area (TPSA) is 94.6 Å². The number of ether oxygens (including phenoxy) is 2. The number of nitrogens with zero attached hydrogens (tertiary/aromatic N) is 1.